The average molecular weight is 617 g/mol. The number of hydrogen-bond acceptors (Lipinski definition) is 8. The fourth-order valence-corrected chi connectivity index (χ4v) is 6.97. The number of likely N-dealkylation sites (tertiary alicyclic amines) is 1. The first-order valence-electron chi connectivity index (χ1n) is 13.1. The van der Waals surface area contributed by atoms with Crippen LogP contribution in [0.15, 0.2) is 53.4 Å². The van der Waals surface area contributed by atoms with Crippen LogP contribution in [0, 0.1) is 0 Å². The minimum atomic E-state index is -4.05. The van der Waals surface area contributed by atoms with Crippen molar-refractivity contribution in [1.82, 2.24) is 10.4 Å². The van der Waals surface area contributed by atoms with Crippen LogP contribution in [0.5, 0.6) is 5.75 Å². The van der Waals surface area contributed by atoms with Crippen molar-refractivity contribution in [1.29, 1.82) is 0 Å². The van der Waals surface area contributed by atoms with Gasteiger partial charge in [0.1, 0.15) is 5.75 Å². The Bertz CT molecular complexity index is 1230. The number of rotatable bonds is 12. The van der Waals surface area contributed by atoms with Gasteiger partial charge in [-0.05, 0) is 87.1 Å². The molecule has 0 unspecified atom stereocenters. The van der Waals surface area contributed by atoms with Gasteiger partial charge in [0.15, 0.2) is 20.4 Å². The number of piperidine rings is 1. The Morgan fingerprint density at radius 3 is 2.12 bits per heavy atom. The molecule has 1 heterocycles. The molecule has 2 fully saturated rings. The zero-order valence-corrected chi connectivity index (χ0v) is 25.3. The summed E-state index contributed by atoms with van der Waals surface area (Å²) < 4.78 is 31.2. The highest BCUT2D eigenvalue weighted by molar-refractivity contribution is 7.93. The fraction of sp³-hybridized carbons (Fsp3) is 0.500. The van der Waals surface area contributed by atoms with Crippen LogP contribution in [0.1, 0.15) is 55.3 Å². The summed E-state index contributed by atoms with van der Waals surface area (Å²) >= 11 is 0. The number of ketones is 1. The molecule has 12 heteroatoms. The first-order chi connectivity index (χ1) is 18.2. The monoisotopic (exact) mass is 615 g/mol. The molecular formula is C28H39Cl2N3O6S. The number of carbonyl (C=O) groups is 2. The van der Waals surface area contributed by atoms with Crippen LogP contribution in [0.4, 0.5) is 5.69 Å². The van der Waals surface area contributed by atoms with Crippen molar-refractivity contribution in [2.24, 2.45) is 0 Å². The maximum absolute atomic E-state index is 13.6. The van der Waals surface area contributed by atoms with Gasteiger partial charge in [-0.2, -0.15) is 0 Å². The van der Waals surface area contributed by atoms with E-state index in [1.807, 2.05) is 43.3 Å². The molecule has 0 bridgehead atoms. The topological polar surface area (TPSA) is 116 Å². The summed E-state index contributed by atoms with van der Waals surface area (Å²) in [5.41, 5.74) is 3.34. The largest absolute Gasteiger partial charge is 0.494 e. The lowest BCUT2D eigenvalue weighted by molar-refractivity contribution is -0.133. The van der Waals surface area contributed by atoms with E-state index in [4.69, 9.17) is 4.74 Å². The minimum absolute atomic E-state index is 0. The maximum Gasteiger partial charge on any atom is 0.265 e. The van der Waals surface area contributed by atoms with Crippen LogP contribution in [0.3, 0.4) is 0 Å². The number of sulfone groups is 1. The molecule has 2 aromatic rings. The van der Waals surface area contributed by atoms with Gasteiger partial charge in [0.2, 0.25) is 0 Å². The van der Waals surface area contributed by atoms with Gasteiger partial charge in [0.25, 0.3) is 5.91 Å². The summed E-state index contributed by atoms with van der Waals surface area (Å²) in [6, 6.07) is 14.1. The van der Waals surface area contributed by atoms with Gasteiger partial charge in [0.05, 0.1) is 11.5 Å². The number of hydroxylamine groups is 1. The summed E-state index contributed by atoms with van der Waals surface area (Å²) in [7, 11) is -0.142. The molecule has 9 nitrogen and oxygen atoms in total. The highest BCUT2D eigenvalue weighted by Gasteiger charge is 2.53. The van der Waals surface area contributed by atoms with Crippen LogP contribution in [0.25, 0.3) is 0 Å². The molecule has 2 aliphatic rings. The van der Waals surface area contributed by atoms with Crippen LogP contribution in [-0.4, -0.2) is 74.8 Å². The minimum Gasteiger partial charge on any atom is -0.494 e. The fourth-order valence-electron chi connectivity index (χ4n) is 5.02. The summed E-state index contributed by atoms with van der Waals surface area (Å²) in [6.07, 6.45) is 4.26. The number of amides is 1. The van der Waals surface area contributed by atoms with Gasteiger partial charge in [-0.25, -0.2) is 13.9 Å². The van der Waals surface area contributed by atoms with Crippen LogP contribution >= 0.6 is 24.8 Å². The van der Waals surface area contributed by atoms with Crippen molar-refractivity contribution in [3.63, 3.8) is 0 Å². The van der Waals surface area contributed by atoms with Crippen molar-refractivity contribution in [3.8, 4) is 5.75 Å². The van der Waals surface area contributed by atoms with E-state index in [1.165, 1.54) is 12.1 Å². The Balaban J connectivity index is 0.00000280. The van der Waals surface area contributed by atoms with E-state index in [2.05, 4.69) is 4.90 Å². The standard InChI is InChI=1S/C28H37N3O6S.2ClH/c1-30(2)22-8-6-21(7-9-22)26(32)5-3-4-20-37-24-12-14-25(15-13-24)38(35,36)28(27(33)29-34)16-18-31(19-17-28)23-10-11-23;;/h6-9,12-15,23,34H,3-5,10-11,16-20H2,1-2H3,(H,29,33);2*1H. The molecule has 222 valence electrons. The average Bonchev–Trinajstić information content (AvgIpc) is 3.78. The Morgan fingerprint density at radius 1 is 1.00 bits per heavy atom. The number of Topliss-reactive ketones (excluding diaryl/α,β-unsaturated/α-hetero) is 1. The molecule has 1 amide bonds. The molecule has 2 aromatic carbocycles. The number of nitrogens with one attached hydrogen (secondary N) is 1. The van der Waals surface area contributed by atoms with Gasteiger partial charge in [-0.3, -0.25) is 14.8 Å². The Labute approximate surface area is 249 Å². The highest BCUT2D eigenvalue weighted by Crippen LogP contribution is 2.39. The van der Waals surface area contributed by atoms with Crippen molar-refractivity contribution < 1.29 is 28.0 Å². The van der Waals surface area contributed by atoms with E-state index in [0.29, 0.717) is 56.3 Å². The van der Waals surface area contributed by atoms with Crippen molar-refractivity contribution in [2.45, 2.75) is 60.6 Å². The third kappa shape index (κ3) is 7.47. The smallest absolute Gasteiger partial charge is 0.265 e. The molecule has 0 aromatic heterocycles. The molecule has 1 saturated heterocycles. The zero-order chi connectivity index (χ0) is 27.3. The Kier molecular flexibility index (Phi) is 12.3. The van der Waals surface area contributed by atoms with Crippen molar-refractivity contribution in [3.05, 3.63) is 54.1 Å². The predicted octanol–water partition coefficient (Wildman–Crippen LogP) is 4.30. The third-order valence-electron chi connectivity index (χ3n) is 7.61. The van der Waals surface area contributed by atoms with E-state index in [1.54, 1.807) is 17.6 Å². The molecule has 1 aliphatic carbocycles. The summed E-state index contributed by atoms with van der Waals surface area (Å²) in [6.45, 7) is 1.40. The lowest BCUT2D eigenvalue weighted by Gasteiger charge is -2.39. The number of benzene rings is 2. The van der Waals surface area contributed by atoms with E-state index >= 15 is 0 Å². The predicted molar refractivity (Wildman–Crippen MR) is 159 cm³/mol. The van der Waals surface area contributed by atoms with E-state index < -0.39 is 20.5 Å². The first-order valence-corrected chi connectivity index (χ1v) is 14.6. The van der Waals surface area contributed by atoms with E-state index in [-0.39, 0.29) is 48.3 Å². The van der Waals surface area contributed by atoms with Crippen molar-refractivity contribution >= 4 is 52.0 Å². The van der Waals surface area contributed by atoms with E-state index in [9.17, 15) is 23.2 Å². The second-order valence-electron chi connectivity index (χ2n) is 10.3. The van der Waals surface area contributed by atoms with Gasteiger partial charge in [0, 0.05) is 50.9 Å². The molecule has 40 heavy (non-hydrogen) atoms. The van der Waals surface area contributed by atoms with Crippen LogP contribution < -0.4 is 15.1 Å². The van der Waals surface area contributed by atoms with Gasteiger partial charge in [-0.15, -0.1) is 24.8 Å². The number of carbonyl (C=O) groups excluding carboxylic acids is 2. The van der Waals surface area contributed by atoms with Gasteiger partial charge in [-0.1, -0.05) is 0 Å². The maximum atomic E-state index is 13.6. The molecule has 2 N–H and O–H groups in total. The molecular weight excluding hydrogens is 577 g/mol. The number of nitrogens with zero attached hydrogens (tertiary/aromatic N) is 2. The normalized spacial score (nSPS) is 16.7. The number of anilines is 1. The SMILES string of the molecule is CN(C)c1ccc(C(=O)CCCCOc2ccc(S(=O)(=O)C3(C(=O)NO)CCN(C4CC4)CC3)cc2)cc1.Cl.Cl. The van der Waals surface area contributed by atoms with Gasteiger partial charge >= 0.3 is 0 Å². The lowest BCUT2D eigenvalue weighted by Crippen LogP contribution is -2.58. The number of hydrogen-bond donors (Lipinski definition) is 2. The Morgan fingerprint density at radius 2 is 1.60 bits per heavy atom. The van der Waals surface area contributed by atoms with Gasteiger partial charge < -0.3 is 14.5 Å². The summed E-state index contributed by atoms with van der Waals surface area (Å²) in [4.78, 5) is 29.3. The third-order valence-corrected chi connectivity index (χ3v) is 10.1. The van der Waals surface area contributed by atoms with Crippen LogP contribution in [-0.2, 0) is 14.6 Å². The zero-order valence-electron chi connectivity index (χ0n) is 22.9. The van der Waals surface area contributed by atoms with E-state index in [0.717, 1.165) is 18.5 Å². The number of ether oxygens (including phenoxy) is 1. The second-order valence-corrected chi connectivity index (χ2v) is 12.6. The number of unbranched alkanes of at least 4 members (excludes halogenated alkanes) is 1. The molecule has 0 atom stereocenters. The molecule has 4 rings (SSSR count). The summed E-state index contributed by atoms with van der Waals surface area (Å²) in [5.74, 6) is -0.274. The molecule has 0 radical (unpaired) electrons. The summed E-state index contributed by atoms with van der Waals surface area (Å²) in [5, 5.41) is 9.34. The lowest BCUT2D eigenvalue weighted by atomic mass is 9.94. The number of halogens is 2. The highest BCUT2D eigenvalue weighted by atomic mass is 35.5. The molecule has 1 saturated carbocycles. The second kappa shape index (κ2) is 14.5. The quantitative estimate of drug-likeness (QED) is 0.157. The molecule has 1 aliphatic heterocycles. The van der Waals surface area contributed by atoms with Crippen LogP contribution in [0.2, 0.25) is 0 Å². The first kappa shape index (κ1) is 33.8. The molecule has 0 spiro atoms. The Hall–Kier alpha value is -2.37. The van der Waals surface area contributed by atoms with Crippen molar-refractivity contribution in [2.75, 3.05) is 38.7 Å².